The van der Waals surface area contributed by atoms with Gasteiger partial charge in [0.25, 0.3) is 0 Å². The SMILES string of the molecule is O=c1nc(N/N=C/c2c(F)cccc2Cl)cn[nH]1. The maximum absolute atomic E-state index is 13.4. The largest absolute Gasteiger partial charge is 0.363 e. The summed E-state index contributed by atoms with van der Waals surface area (Å²) in [5.74, 6) is -0.354. The van der Waals surface area contributed by atoms with Crippen molar-refractivity contribution in [3.63, 3.8) is 0 Å². The maximum atomic E-state index is 13.4. The molecule has 8 heteroatoms. The molecule has 2 rings (SSSR count). The van der Waals surface area contributed by atoms with Gasteiger partial charge in [0, 0.05) is 5.56 Å². The summed E-state index contributed by atoms with van der Waals surface area (Å²) in [7, 11) is 0. The van der Waals surface area contributed by atoms with Crippen LogP contribution in [0.25, 0.3) is 0 Å². The number of nitrogens with zero attached hydrogens (tertiary/aromatic N) is 3. The lowest BCUT2D eigenvalue weighted by molar-refractivity contribution is 0.626. The zero-order valence-corrected chi connectivity index (χ0v) is 9.65. The fourth-order valence-corrected chi connectivity index (χ4v) is 1.37. The molecule has 0 amide bonds. The Morgan fingerprint density at radius 2 is 2.33 bits per heavy atom. The third-order valence-electron chi connectivity index (χ3n) is 1.94. The number of hydrogen-bond donors (Lipinski definition) is 2. The molecule has 2 aromatic rings. The Kier molecular flexibility index (Phi) is 3.63. The van der Waals surface area contributed by atoms with Crippen molar-refractivity contribution in [3.05, 3.63) is 51.3 Å². The standard InChI is InChI=1S/C10H7ClFN5O/c11-7-2-1-3-8(12)6(7)4-13-16-9-5-14-17-10(18)15-9/h1-5H,(H2,15,16,17,18)/b13-4+. The Labute approximate surface area is 106 Å². The molecule has 2 N–H and O–H groups in total. The van der Waals surface area contributed by atoms with Crippen LogP contribution in [0.4, 0.5) is 10.2 Å². The monoisotopic (exact) mass is 267 g/mol. The molecule has 0 radical (unpaired) electrons. The summed E-state index contributed by atoms with van der Waals surface area (Å²) in [6.45, 7) is 0. The van der Waals surface area contributed by atoms with Gasteiger partial charge in [-0.25, -0.2) is 14.3 Å². The van der Waals surface area contributed by atoms with E-state index < -0.39 is 11.5 Å². The minimum Gasteiger partial charge on any atom is -0.260 e. The van der Waals surface area contributed by atoms with E-state index >= 15 is 0 Å². The fraction of sp³-hybridized carbons (Fsp3) is 0. The van der Waals surface area contributed by atoms with Gasteiger partial charge in [0.15, 0.2) is 5.82 Å². The van der Waals surface area contributed by atoms with E-state index in [-0.39, 0.29) is 16.4 Å². The molecule has 0 aliphatic heterocycles. The fourth-order valence-electron chi connectivity index (χ4n) is 1.16. The maximum Gasteiger partial charge on any atom is 0.363 e. The van der Waals surface area contributed by atoms with E-state index in [4.69, 9.17) is 11.6 Å². The highest BCUT2D eigenvalue weighted by molar-refractivity contribution is 6.33. The third-order valence-corrected chi connectivity index (χ3v) is 2.27. The van der Waals surface area contributed by atoms with Crippen molar-refractivity contribution in [1.29, 1.82) is 0 Å². The predicted molar refractivity (Wildman–Crippen MR) is 65.3 cm³/mol. The first-order valence-electron chi connectivity index (χ1n) is 4.81. The van der Waals surface area contributed by atoms with Gasteiger partial charge < -0.3 is 0 Å². The van der Waals surface area contributed by atoms with E-state index in [0.717, 1.165) is 0 Å². The first-order chi connectivity index (χ1) is 8.66. The van der Waals surface area contributed by atoms with Gasteiger partial charge in [0.2, 0.25) is 0 Å². The van der Waals surface area contributed by atoms with Crippen LogP contribution in [-0.2, 0) is 0 Å². The number of hydrogen-bond acceptors (Lipinski definition) is 5. The molecule has 0 aliphatic carbocycles. The lowest BCUT2D eigenvalue weighted by atomic mass is 10.2. The summed E-state index contributed by atoms with van der Waals surface area (Å²) < 4.78 is 13.4. The number of aromatic nitrogens is 3. The Morgan fingerprint density at radius 1 is 1.50 bits per heavy atom. The topological polar surface area (TPSA) is 83.0 Å². The molecule has 0 aliphatic rings. The Balaban J connectivity index is 2.15. The summed E-state index contributed by atoms with van der Waals surface area (Å²) >= 11 is 5.79. The molecule has 0 bridgehead atoms. The van der Waals surface area contributed by atoms with Gasteiger partial charge in [-0.05, 0) is 12.1 Å². The smallest absolute Gasteiger partial charge is 0.260 e. The molecule has 0 saturated carbocycles. The van der Waals surface area contributed by atoms with Gasteiger partial charge >= 0.3 is 5.69 Å². The van der Waals surface area contributed by atoms with E-state index in [1.165, 1.54) is 24.5 Å². The van der Waals surface area contributed by atoms with E-state index in [9.17, 15) is 9.18 Å². The van der Waals surface area contributed by atoms with Crippen molar-refractivity contribution in [2.24, 2.45) is 5.10 Å². The summed E-state index contributed by atoms with van der Waals surface area (Å²) in [5, 5.41) is 9.57. The van der Waals surface area contributed by atoms with Crippen LogP contribution < -0.4 is 11.1 Å². The third kappa shape index (κ3) is 2.89. The summed E-state index contributed by atoms with van der Waals surface area (Å²) in [4.78, 5) is 14.4. The first-order valence-corrected chi connectivity index (χ1v) is 5.19. The number of H-pyrrole nitrogens is 1. The van der Waals surface area contributed by atoms with Gasteiger partial charge in [0.05, 0.1) is 17.4 Å². The number of rotatable bonds is 3. The van der Waals surface area contributed by atoms with Crippen LogP contribution in [0.15, 0.2) is 34.3 Å². The van der Waals surface area contributed by atoms with E-state index in [0.29, 0.717) is 0 Å². The van der Waals surface area contributed by atoms with Crippen molar-refractivity contribution >= 4 is 23.6 Å². The van der Waals surface area contributed by atoms with Gasteiger partial charge in [-0.15, -0.1) is 0 Å². The molecular weight excluding hydrogens is 261 g/mol. The zero-order chi connectivity index (χ0) is 13.0. The molecular formula is C10H7ClFN5O. The number of anilines is 1. The highest BCUT2D eigenvalue weighted by atomic mass is 35.5. The number of halogens is 2. The molecule has 0 spiro atoms. The van der Waals surface area contributed by atoms with Gasteiger partial charge in [-0.3, -0.25) is 5.43 Å². The molecule has 1 aromatic carbocycles. The van der Waals surface area contributed by atoms with Crippen molar-refractivity contribution in [1.82, 2.24) is 15.2 Å². The average Bonchev–Trinajstić information content (AvgIpc) is 2.33. The Hall–Kier alpha value is -2.28. The van der Waals surface area contributed by atoms with Crippen molar-refractivity contribution < 1.29 is 4.39 Å². The second-order valence-corrected chi connectivity index (χ2v) is 3.58. The van der Waals surface area contributed by atoms with Crippen molar-refractivity contribution in [2.75, 3.05) is 5.43 Å². The zero-order valence-electron chi connectivity index (χ0n) is 8.89. The molecule has 0 saturated heterocycles. The minimum absolute atomic E-state index is 0.141. The van der Waals surface area contributed by atoms with Crippen LogP contribution in [0.2, 0.25) is 5.02 Å². The quantitative estimate of drug-likeness (QED) is 0.650. The average molecular weight is 268 g/mol. The molecule has 0 atom stereocenters. The highest BCUT2D eigenvalue weighted by Gasteiger charge is 2.03. The molecule has 0 fully saturated rings. The van der Waals surface area contributed by atoms with E-state index in [1.54, 1.807) is 6.07 Å². The molecule has 0 unspecified atom stereocenters. The first kappa shape index (κ1) is 12.2. The molecule has 1 aromatic heterocycles. The number of benzene rings is 1. The predicted octanol–water partition coefficient (Wildman–Crippen LogP) is 1.40. The normalized spacial score (nSPS) is 10.8. The van der Waals surface area contributed by atoms with Crippen LogP contribution >= 0.6 is 11.6 Å². The molecule has 6 nitrogen and oxygen atoms in total. The van der Waals surface area contributed by atoms with Crippen LogP contribution in [0.1, 0.15) is 5.56 Å². The highest BCUT2D eigenvalue weighted by Crippen LogP contribution is 2.16. The summed E-state index contributed by atoms with van der Waals surface area (Å²) in [6.07, 6.45) is 2.46. The van der Waals surface area contributed by atoms with Crippen molar-refractivity contribution in [2.45, 2.75) is 0 Å². The van der Waals surface area contributed by atoms with Crippen LogP contribution in [0, 0.1) is 5.82 Å². The van der Waals surface area contributed by atoms with E-state index in [1.807, 2.05) is 0 Å². The van der Waals surface area contributed by atoms with E-state index in [2.05, 4.69) is 25.7 Å². The number of hydrazone groups is 1. The lowest BCUT2D eigenvalue weighted by Crippen LogP contribution is -2.13. The van der Waals surface area contributed by atoms with Crippen LogP contribution in [0.5, 0.6) is 0 Å². The second kappa shape index (κ2) is 5.37. The minimum atomic E-state index is -0.612. The van der Waals surface area contributed by atoms with Gasteiger partial charge in [-0.2, -0.15) is 15.2 Å². The summed E-state index contributed by atoms with van der Waals surface area (Å²) in [6, 6.07) is 4.30. The Bertz CT molecular complexity index is 622. The number of aromatic amines is 1. The Morgan fingerprint density at radius 3 is 3.06 bits per heavy atom. The summed E-state index contributed by atoms with van der Waals surface area (Å²) in [5.41, 5.74) is 1.97. The number of nitrogens with one attached hydrogen (secondary N) is 2. The van der Waals surface area contributed by atoms with Gasteiger partial charge in [-0.1, -0.05) is 17.7 Å². The second-order valence-electron chi connectivity index (χ2n) is 3.18. The molecule has 1 heterocycles. The molecule has 18 heavy (non-hydrogen) atoms. The van der Waals surface area contributed by atoms with Gasteiger partial charge in [0.1, 0.15) is 5.82 Å². The van der Waals surface area contributed by atoms with Crippen LogP contribution in [0.3, 0.4) is 0 Å². The lowest BCUT2D eigenvalue weighted by Gasteiger charge is -1.99. The van der Waals surface area contributed by atoms with Crippen molar-refractivity contribution in [3.8, 4) is 0 Å². The molecule has 92 valence electrons. The van der Waals surface area contributed by atoms with Crippen LogP contribution in [-0.4, -0.2) is 21.4 Å².